The van der Waals surface area contributed by atoms with Crippen LogP contribution in [0.5, 0.6) is 0 Å². The fraction of sp³-hybridized carbons (Fsp3) is 0.192. The second kappa shape index (κ2) is 8.02. The van der Waals surface area contributed by atoms with Crippen molar-refractivity contribution in [2.24, 2.45) is 4.99 Å². The van der Waals surface area contributed by atoms with Crippen molar-refractivity contribution in [1.82, 2.24) is 10.2 Å². The van der Waals surface area contributed by atoms with Crippen LogP contribution >= 0.6 is 11.6 Å². The third-order valence-corrected chi connectivity index (χ3v) is 6.27. The van der Waals surface area contributed by atoms with Crippen molar-refractivity contribution in [2.45, 2.75) is 31.7 Å². The Kier molecular flexibility index (Phi) is 5.05. The molecule has 2 heterocycles. The van der Waals surface area contributed by atoms with Gasteiger partial charge in [0.2, 0.25) is 0 Å². The molecule has 1 aromatic heterocycles. The van der Waals surface area contributed by atoms with Crippen molar-refractivity contribution in [2.75, 3.05) is 0 Å². The molecule has 2 atom stereocenters. The van der Waals surface area contributed by atoms with Crippen molar-refractivity contribution in [3.63, 3.8) is 0 Å². The number of aromatic amines is 1. The molecule has 1 aliphatic rings. The van der Waals surface area contributed by atoms with Gasteiger partial charge in [0, 0.05) is 16.1 Å². The van der Waals surface area contributed by atoms with Crippen LogP contribution in [0.3, 0.4) is 0 Å². The molecule has 0 aliphatic carbocycles. The fourth-order valence-electron chi connectivity index (χ4n) is 4.50. The molecule has 0 saturated carbocycles. The topological polar surface area (TPSA) is 45.4 Å². The summed E-state index contributed by atoms with van der Waals surface area (Å²) in [6.07, 6.45) is 1.70. The first-order valence-corrected chi connectivity index (χ1v) is 10.8. The Morgan fingerprint density at radius 1 is 1.03 bits per heavy atom. The molecule has 5 heteroatoms. The first-order chi connectivity index (χ1) is 15.2. The van der Waals surface area contributed by atoms with Crippen molar-refractivity contribution in [3.8, 4) is 11.3 Å². The summed E-state index contributed by atoms with van der Waals surface area (Å²) >= 11 is 6.64. The van der Waals surface area contributed by atoms with Gasteiger partial charge in [-0.25, -0.2) is 11.6 Å². The molecule has 0 amide bonds. The Labute approximate surface area is 186 Å². The zero-order chi connectivity index (χ0) is 21.4. The lowest BCUT2D eigenvalue weighted by Gasteiger charge is -2.25. The highest BCUT2D eigenvalue weighted by Gasteiger charge is 2.42. The van der Waals surface area contributed by atoms with Gasteiger partial charge in [-0.2, -0.15) is 5.10 Å². The van der Waals surface area contributed by atoms with Gasteiger partial charge in [0.1, 0.15) is 5.71 Å². The van der Waals surface area contributed by atoms with E-state index in [1.807, 2.05) is 36.4 Å². The normalized spacial score (nSPS) is 17.8. The Hall–Kier alpha value is -3.42. The molecule has 31 heavy (non-hydrogen) atoms. The largest absolute Gasteiger partial charge is 0.306 e. The van der Waals surface area contributed by atoms with E-state index in [4.69, 9.17) is 23.2 Å². The number of nitrogens with one attached hydrogen (secondary N) is 1. The molecule has 0 radical (unpaired) electrons. The molecule has 5 rings (SSSR count). The minimum atomic E-state index is -0.399. The van der Waals surface area contributed by atoms with Crippen LogP contribution in [-0.4, -0.2) is 22.0 Å². The minimum absolute atomic E-state index is 0.222. The molecule has 1 aliphatic heterocycles. The van der Waals surface area contributed by atoms with Gasteiger partial charge in [-0.3, -0.25) is 5.10 Å². The molecule has 152 valence electrons. The fourth-order valence-corrected chi connectivity index (χ4v) is 4.75. The summed E-state index contributed by atoms with van der Waals surface area (Å²) < 4.78 is 0. The van der Waals surface area contributed by atoms with Gasteiger partial charge in [0.15, 0.2) is 5.82 Å². The van der Waals surface area contributed by atoms with Crippen LogP contribution in [0.25, 0.3) is 26.9 Å². The van der Waals surface area contributed by atoms with E-state index in [1.165, 1.54) is 5.39 Å². The van der Waals surface area contributed by atoms with Gasteiger partial charge in [0.05, 0.1) is 11.6 Å². The highest BCUT2D eigenvalue weighted by molar-refractivity contribution is 6.31. The summed E-state index contributed by atoms with van der Waals surface area (Å²) in [4.78, 5) is 8.85. The predicted molar refractivity (Wildman–Crippen MR) is 127 cm³/mol. The van der Waals surface area contributed by atoms with E-state index in [1.54, 1.807) is 0 Å². The van der Waals surface area contributed by atoms with Crippen LogP contribution in [0.4, 0.5) is 5.82 Å². The zero-order valence-corrected chi connectivity index (χ0v) is 17.9. The summed E-state index contributed by atoms with van der Waals surface area (Å²) in [6, 6.07) is 22.0. The SMILES string of the molecule is [C-]#[N+]C1C(CCC)=Nc2n[nH]c(-c3ccc4ccccc4c3)c2C1c1ccccc1Cl. The lowest BCUT2D eigenvalue weighted by atomic mass is 9.79. The highest BCUT2D eigenvalue weighted by atomic mass is 35.5. The number of H-pyrrole nitrogens is 1. The Bertz CT molecular complexity index is 1350. The quantitative estimate of drug-likeness (QED) is 0.346. The standard InChI is InChI=1S/C26H21ClN4/c1-3-8-21-25(28-2)22(19-11-6-7-12-20(19)27)23-24(30-31-26(23)29-21)18-14-13-16-9-4-5-10-17(16)15-18/h4-7,9-15,22,25H,3,8H2,1H3,(H,30,31). The number of aromatic nitrogens is 2. The summed E-state index contributed by atoms with van der Waals surface area (Å²) in [6.45, 7) is 10.1. The first kappa shape index (κ1) is 19.5. The van der Waals surface area contributed by atoms with Gasteiger partial charge in [-0.05, 0) is 34.9 Å². The lowest BCUT2D eigenvalue weighted by molar-refractivity contribution is 0.771. The van der Waals surface area contributed by atoms with Crippen molar-refractivity contribution >= 4 is 33.9 Å². The number of aliphatic imine (C=N–C) groups is 1. The molecule has 4 aromatic rings. The number of hydrogen-bond acceptors (Lipinski definition) is 2. The van der Waals surface area contributed by atoms with E-state index in [0.29, 0.717) is 10.8 Å². The van der Waals surface area contributed by atoms with Gasteiger partial charge in [-0.15, -0.1) is 0 Å². The molecule has 0 saturated heterocycles. The van der Waals surface area contributed by atoms with E-state index >= 15 is 0 Å². The number of benzene rings is 3. The van der Waals surface area contributed by atoms with Crippen LogP contribution in [0.1, 0.15) is 36.8 Å². The van der Waals surface area contributed by atoms with Crippen LogP contribution in [0.15, 0.2) is 71.7 Å². The Balaban J connectivity index is 1.75. The summed E-state index contributed by atoms with van der Waals surface area (Å²) in [5.41, 5.74) is 4.70. The van der Waals surface area contributed by atoms with Crippen molar-refractivity contribution in [3.05, 3.63) is 94.3 Å². The van der Waals surface area contributed by atoms with E-state index in [2.05, 4.69) is 52.3 Å². The van der Waals surface area contributed by atoms with E-state index < -0.39 is 6.04 Å². The third-order valence-electron chi connectivity index (χ3n) is 5.93. The number of hydrogen-bond donors (Lipinski definition) is 1. The van der Waals surface area contributed by atoms with E-state index in [9.17, 15) is 0 Å². The first-order valence-electron chi connectivity index (χ1n) is 10.5. The molecule has 0 bridgehead atoms. The van der Waals surface area contributed by atoms with Crippen molar-refractivity contribution in [1.29, 1.82) is 0 Å². The highest BCUT2D eigenvalue weighted by Crippen LogP contribution is 2.46. The molecule has 2 unspecified atom stereocenters. The van der Waals surface area contributed by atoms with Crippen LogP contribution in [-0.2, 0) is 0 Å². The molecule has 1 N–H and O–H groups in total. The van der Waals surface area contributed by atoms with Crippen LogP contribution in [0.2, 0.25) is 5.02 Å². The second-order valence-corrected chi connectivity index (χ2v) is 8.23. The van der Waals surface area contributed by atoms with E-state index in [0.717, 1.165) is 46.3 Å². The monoisotopic (exact) mass is 424 g/mol. The molecule has 3 aromatic carbocycles. The Morgan fingerprint density at radius 2 is 1.81 bits per heavy atom. The average molecular weight is 425 g/mol. The second-order valence-electron chi connectivity index (χ2n) is 7.82. The number of fused-ring (bicyclic) bond motifs is 2. The van der Waals surface area contributed by atoms with Gasteiger partial charge >= 0.3 is 0 Å². The molecule has 0 fully saturated rings. The lowest BCUT2D eigenvalue weighted by Crippen LogP contribution is -2.29. The van der Waals surface area contributed by atoms with Gasteiger partial charge in [-0.1, -0.05) is 79.5 Å². The summed E-state index contributed by atoms with van der Waals surface area (Å²) in [5.74, 6) is 0.442. The number of rotatable bonds is 4. The maximum atomic E-state index is 8.00. The molecular formula is C26H21ClN4. The summed E-state index contributed by atoms with van der Waals surface area (Å²) in [5, 5.41) is 10.8. The predicted octanol–water partition coefficient (Wildman–Crippen LogP) is 7.19. The van der Waals surface area contributed by atoms with Crippen LogP contribution < -0.4 is 0 Å². The third kappa shape index (κ3) is 3.32. The Morgan fingerprint density at radius 3 is 2.58 bits per heavy atom. The smallest absolute Gasteiger partial charge is 0.272 e. The average Bonchev–Trinajstić information content (AvgIpc) is 3.22. The molecule has 0 spiro atoms. The zero-order valence-electron chi connectivity index (χ0n) is 17.1. The maximum absolute atomic E-state index is 8.00. The number of halogens is 1. The van der Waals surface area contributed by atoms with Gasteiger partial charge < -0.3 is 4.85 Å². The number of nitrogens with zero attached hydrogens (tertiary/aromatic N) is 3. The van der Waals surface area contributed by atoms with Crippen LogP contribution in [0, 0.1) is 6.57 Å². The molecule has 4 nitrogen and oxygen atoms in total. The maximum Gasteiger partial charge on any atom is 0.272 e. The van der Waals surface area contributed by atoms with E-state index in [-0.39, 0.29) is 5.92 Å². The summed E-state index contributed by atoms with van der Waals surface area (Å²) in [7, 11) is 0. The van der Waals surface area contributed by atoms with Gasteiger partial charge in [0.25, 0.3) is 6.04 Å². The molecular weight excluding hydrogens is 404 g/mol. The van der Waals surface area contributed by atoms with Crippen molar-refractivity contribution < 1.29 is 0 Å². The minimum Gasteiger partial charge on any atom is -0.306 e.